The van der Waals surface area contributed by atoms with E-state index in [4.69, 9.17) is 27.2 Å². The van der Waals surface area contributed by atoms with Gasteiger partial charge in [0.15, 0.2) is 23.0 Å². The number of aliphatic hydroxyl groups is 1. The number of hydrogen-bond donors (Lipinski definition) is 3. The number of halogens is 1. The number of ether oxygens (including phenoxy) is 1. The SMILES string of the molecule is Cn1c(Nc2cc(C(C)(C)C)n([C@H]3CCC[C@@H]3O)n2)nc2ncc(O/C(=C/N)c3cnccn3)c(Cl)c21. The molecule has 2 atom stereocenters. The summed E-state index contributed by atoms with van der Waals surface area (Å²) < 4.78 is 9.70. The highest BCUT2D eigenvalue weighted by molar-refractivity contribution is 6.36. The molecular formula is C25H30ClN9O2. The van der Waals surface area contributed by atoms with Gasteiger partial charge < -0.3 is 25.5 Å². The van der Waals surface area contributed by atoms with Gasteiger partial charge in [-0.05, 0) is 19.3 Å². The van der Waals surface area contributed by atoms with Crippen LogP contribution in [0.5, 0.6) is 5.75 Å². The van der Waals surface area contributed by atoms with Crippen molar-refractivity contribution in [1.29, 1.82) is 0 Å². The van der Waals surface area contributed by atoms with Crippen molar-refractivity contribution in [2.24, 2.45) is 12.8 Å². The molecule has 1 fully saturated rings. The number of aromatic nitrogens is 7. The Hall–Kier alpha value is -3.70. The molecular weight excluding hydrogens is 494 g/mol. The number of hydrogen-bond acceptors (Lipinski definition) is 9. The van der Waals surface area contributed by atoms with Crippen LogP contribution in [-0.4, -0.2) is 45.5 Å². The molecule has 194 valence electrons. The average Bonchev–Trinajstić information content (AvgIpc) is 3.57. The molecule has 0 amide bonds. The zero-order chi connectivity index (χ0) is 26.3. The van der Waals surface area contributed by atoms with Crippen LogP contribution in [0.2, 0.25) is 5.02 Å². The van der Waals surface area contributed by atoms with Crippen LogP contribution in [0.4, 0.5) is 11.8 Å². The number of nitrogens with zero attached hydrogens (tertiary/aromatic N) is 7. The van der Waals surface area contributed by atoms with E-state index >= 15 is 0 Å². The predicted octanol–water partition coefficient (Wildman–Crippen LogP) is 4.07. The first kappa shape index (κ1) is 25.0. The maximum Gasteiger partial charge on any atom is 0.210 e. The molecule has 4 N–H and O–H groups in total. The van der Waals surface area contributed by atoms with Crippen molar-refractivity contribution in [3.05, 3.63) is 53.5 Å². The van der Waals surface area contributed by atoms with E-state index in [9.17, 15) is 5.11 Å². The molecule has 0 saturated heterocycles. The first-order valence-electron chi connectivity index (χ1n) is 12.1. The summed E-state index contributed by atoms with van der Waals surface area (Å²) in [6.07, 6.45) is 9.70. The Kier molecular flexibility index (Phi) is 6.50. The molecule has 0 aromatic carbocycles. The Morgan fingerprint density at radius 2 is 2.05 bits per heavy atom. The highest BCUT2D eigenvalue weighted by atomic mass is 35.5. The Balaban J connectivity index is 1.47. The van der Waals surface area contributed by atoms with Crippen LogP contribution in [0, 0.1) is 0 Å². The number of fused-ring (bicyclic) bond motifs is 1. The fourth-order valence-corrected chi connectivity index (χ4v) is 4.90. The summed E-state index contributed by atoms with van der Waals surface area (Å²) in [5.74, 6) is 1.75. The molecule has 1 aliphatic carbocycles. The molecule has 0 aliphatic heterocycles. The van der Waals surface area contributed by atoms with Crippen LogP contribution >= 0.6 is 11.6 Å². The van der Waals surface area contributed by atoms with Crippen LogP contribution in [0.1, 0.15) is 57.5 Å². The minimum atomic E-state index is -0.402. The molecule has 4 aromatic rings. The van der Waals surface area contributed by atoms with E-state index in [0.717, 1.165) is 25.0 Å². The smallest absolute Gasteiger partial charge is 0.210 e. The predicted molar refractivity (Wildman–Crippen MR) is 141 cm³/mol. The lowest BCUT2D eigenvalue weighted by Crippen LogP contribution is -2.26. The minimum absolute atomic E-state index is 0.0415. The number of anilines is 2. The Bertz CT molecular complexity index is 1460. The van der Waals surface area contributed by atoms with Gasteiger partial charge in [0.1, 0.15) is 16.2 Å². The lowest BCUT2D eigenvalue weighted by Gasteiger charge is -2.25. The Morgan fingerprint density at radius 1 is 1.24 bits per heavy atom. The molecule has 1 saturated carbocycles. The molecule has 12 heteroatoms. The maximum absolute atomic E-state index is 10.5. The molecule has 0 bridgehead atoms. The van der Waals surface area contributed by atoms with E-state index in [1.165, 1.54) is 12.4 Å². The van der Waals surface area contributed by atoms with Gasteiger partial charge in [-0.1, -0.05) is 32.4 Å². The lowest BCUT2D eigenvalue weighted by atomic mass is 9.91. The summed E-state index contributed by atoms with van der Waals surface area (Å²) >= 11 is 6.74. The lowest BCUT2D eigenvalue weighted by molar-refractivity contribution is 0.127. The topological polar surface area (TPSA) is 142 Å². The van der Waals surface area contributed by atoms with Gasteiger partial charge in [0.2, 0.25) is 5.95 Å². The number of aryl methyl sites for hydroxylation is 1. The number of rotatable bonds is 6. The third-order valence-electron chi connectivity index (χ3n) is 6.49. The summed E-state index contributed by atoms with van der Waals surface area (Å²) in [5, 5.41) is 19.0. The summed E-state index contributed by atoms with van der Waals surface area (Å²) in [7, 11) is 1.83. The van der Waals surface area contributed by atoms with Crippen molar-refractivity contribution in [3.8, 4) is 5.75 Å². The van der Waals surface area contributed by atoms with Crippen LogP contribution in [0.3, 0.4) is 0 Å². The minimum Gasteiger partial charge on any atom is -0.450 e. The van der Waals surface area contributed by atoms with Gasteiger partial charge in [0.25, 0.3) is 0 Å². The molecule has 5 rings (SSSR count). The monoisotopic (exact) mass is 523 g/mol. The van der Waals surface area contributed by atoms with Crippen molar-refractivity contribution in [2.45, 2.75) is 57.6 Å². The fraction of sp³-hybridized carbons (Fsp3) is 0.400. The number of aliphatic hydroxyl groups excluding tert-OH is 1. The molecule has 0 unspecified atom stereocenters. The average molecular weight is 524 g/mol. The van der Waals surface area contributed by atoms with Gasteiger partial charge in [-0.15, -0.1) is 0 Å². The van der Waals surface area contributed by atoms with Crippen molar-refractivity contribution in [2.75, 3.05) is 5.32 Å². The number of nitrogens with two attached hydrogens (primary N) is 1. The Labute approximate surface area is 219 Å². The van der Waals surface area contributed by atoms with Crippen LogP contribution in [0.15, 0.2) is 37.1 Å². The highest BCUT2D eigenvalue weighted by Crippen LogP contribution is 2.37. The third kappa shape index (κ3) is 4.72. The second-order valence-corrected chi connectivity index (χ2v) is 10.5. The first-order valence-corrected chi connectivity index (χ1v) is 12.5. The van der Waals surface area contributed by atoms with E-state index in [0.29, 0.717) is 45.2 Å². The highest BCUT2D eigenvalue weighted by Gasteiger charge is 2.32. The maximum atomic E-state index is 10.5. The van der Waals surface area contributed by atoms with Gasteiger partial charge in [0, 0.05) is 42.8 Å². The van der Waals surface area contributed by atoms with E-state index in [2.05, 4.69) is 46.0 Å². The molecule has 0 spiro atoms. The standard InChI is InChI=1S/C25H30ClN9O2/c1-25(2,3)19-10-20(33-35(19)15-6-5-7-16(15)36)31-24-32-23-22(34(24)4)21(26)18(13-30-23)37-17(11-27)14-12-28-8-9-29-14/h8-13,15-16,36H,5-7,27H2,1-4H3,(H,30,31,32,33)/b17-11+/t15-,16-/m0/s1. The Morgan fingerprint density at radius 3 is 2.70 bits per heavy atom. The zero-order valence-corrected chi connectivity index (χ0v) is 21.9. The van der Waals surface area contributed by atoms with E-state index in [1.807, 2.05) is 17.8 Å². The molecule has 1 aliphatic rings. The van der Waals surface area contributed by atoms with Gasteiger partial charge in [-0.25, -0.2) is 9.97 Å². The normalized spacial score (nSPS) is 18.5. The van der Waals surface area contributed by atoms with Crippen molar-refractivity contribution in [1.82, 2.24) is 34.3 Å². The van der Waals surface area contributed by atoms with Crippen molar-refractivity contribution >= 4 is 40.3 Å². The van der Waals surface area contributed by atoms with E-state index in [1.54, 1.807) is 23.2 Å². The quantitative estimate of drug-likeness (QED) is 0.319. The molecule has 0 radical (unpaired) electrons. The van der Waals surface area contributed by atoms with Crippen LogP contribution in [0.25, 0.3) is 16.9 Å². The number of pyridine rings is 1. The van der Waals surface area contributed by atoms with Gasteiger partial charge in [-0.2, -0.15) is 10.1 Å². The molecule has 37 heavy (non-hydrogen) atoms. The zero-order valence-electron chi connectivity index (χ0n) is 21.2. The van der Waals surface area contributed by atoms with Gasteiger partial charge >= 0.3 is 0 Å². The van der Waals surface area contributed by atoms with Crippen molar-refractivity contribution < 1.29 is 9.84 Å². The molecule has 11 nitrogen and oxygen atoms in total. The summed E-state index contributed by atoms with van der Waals surface area (Å²) in [6.45, 7) is 6.41. The second-order valence-electron chi connectivity index (χ2n) is 10.1. The van der Waals surface area contributed by atoms with E-state index in [-0.39, 0.29) is 11.5 Å². The van der Waals surface area contributed by atoms with E-state index < -0.39 is 6.10 Å². The fourth-order valence-electron chi connectivity index (χ4n) is 4.60. The van der Waals surface area contributed by atoms with Crippen LogP contribution < -0.4 is 15.8 Å². The van der Waals surface area contributed by atoms with Gasteiger partial charge in [0.05, 0.1) is 24.5 Å². The van der Waals surface area contributed by atoms with Crippen LogP contribution in [-0.2, 0) is 12.5 Å². The molecule has 4 aromatic heterocycles. The van der Waals surface area contributed by atoms with Crippen molar-refractivity contribution in [3.63, 3.8) is 0 Å². The number of nitrogens with one attached hydrogen (secondary N) is 1. The first-order chi connectivity index (χ1) is 17.7. The largest absolute Gasteiger partial charge is 0.450 e. The second kappa shape index (κ2) is 9.64. The number of imidazole rings is 1. The summed E-state index contributed by atoms with van der Waals surface area (Å²) in [4.78, 5) is 17.3. The molecule has 4 heterocycles. The van der Waals surface area contributed by atoms with Gasteiger partial charge in [-0.3, -0.25) is 9.67 Å². The third-order valence-corrected chi connectivity index (χ3v) is 6.86. The summed E-state index contributed by atoms with van der Waals surface area (Å²) in [6, 6.07) is 1.97. The summed E-state index contributed by atoms with van der Waals surface area (Å²) in [5.41, 5.74) is 8.14.